The molecule has 86 valence electrons. The Kier molecular flexibility index (Phi) is 2.59. The lowest BCUT2D eigenvalue weighted by Gasteiger charge is -2.13. The largest absolute Gasteiger partial charge is 0.351 e. The highest BCUT2D eigenvalue weighted by Gasteiger charge is 2.48. The van der Waals surface area contributed by atoms with Gasteiger partial charge in [0.05, 0.1) is 10.6 Å². The van der Waals surface area contributed by atoms with Crippen molar-refractivity contribution in [2.24, 2.45) is 4.99 Å². The number of nitrogens with zero attached hydrogens (tertiary/aromatic N) is 1. The maximum absolute atomic E-state index is 12.0. The molecule has 0 spiro atoms. The van der Waals surface area contributed by atoms with E-state index in [9.17, 15) is 8.42 Å². The highest BCUT2D eigenvalue weighted by atomic mass is 32.2. The van der Waals surface area contributed by atoms with Crippen LogP contribution in [-0.4, -0.2) is 32.7 Å². The number of hydrogen-bond donors (Lipinski definition) is 0. The van der Waals surface area contributed by atoms with Gasteiger partial charge in [-0.2, -0.15) is 0 Å². The van der Waals surface area contributed by atoms with Gasteiger partial charge in [-0.15, -0.1) is 0 Å². The van der Waals surface area contributed by atoms with Gasteiger partial charge >= 0.3 is 0 Å². The maximum Gasteiger partial charge on any atom is 0.211 e. The lowest BCUT2D eigenvalue weighted by molar-refractivity contribution is 0.109. The summed E-state index contributed by atoms with van der Waals surface area (Å²) in [7, 11) is -1.87. The van der Waals surface area contributed by atoms with Gasteiger partial charge in [0.15, 0.2) is 9.84 Å². The highest BCUT2D eigenvalue weighted by Crippen LogP contribution is 2.32. The van der Waals surface area contributed by atoms with Gasteiger partial charge in [-0.25, -0.2) is 13.4 Å². The average molecular weight is 239 g/mol. The molecule has 5 heteroatoms. The van der Waals surface area contributed by atoms with Gasteiger partial charge in [0.25, 0.3) is 0 Å². The summed E-state index contributed by atoms with van der Waals surface area (Å²) < 4.78 is 29.2. The molecule has 0 aliphatic carbocycles. The Morgan fingerprint density at radius 2 is 1.88 bits per heavy atom. The first-order valence-electron chi connectivity index (χ1n) is 4.90. The Bertz CT molecular complexity index is 521. The minimum Gasteiger partial charge on any atom is -0.351 e. The first-order chi connectivity index (χ1) is 7.50. The van der Waals surface area contributed by atoms with E-state index in [1.807, 2.05) is 0 Å². The molecule has 0 saturated carbocycles. The average Bonchev–Trinajstić information content (AvgIpc) is 2.90. The van der Waals surface area contributed by atoms with Crippen LogP contribution in [0.25, 0.3) is 0 Å². The molecule has 4 nitrogen and oxygen atoms in total. The van der Waals surface area contributed by atoms with E-state index in [4.69, 9.17) is 4.74 Å². The fraction of sp³-hybridized carbons (Fsp3) is 0.364. The molecule has 1 aliphatic heterocycles. The Labute approximate surface area is 94.9 Å². The predicted octanol–water partition coefficient (Wildman–Crippen LogP) is 1.28. The van der Waals surface area contributed by atoms with Crippen LogP contribution in [0.1, 0.15) is 6.92 Å². The van der Waals surface area contributed by atoms with Gasteiger partial charge in [-0.05, 0) is 19.1 Å². The van der Waals surface area contributed by atoms with E-state index in [0.29, 0.717) is 4.90 Å². The Morgan fingerprint density at radius 3 is 2.31 bits per heavy atom. The Balaban J connectivity index is 2.23. The van der Waals surface area contributed by atoms with E-state index in [2.05, 4.69) is 4.99 Å². The summed E-state index contributed by atoms with van der Waals surface area (Å²) in [5, 5.41) is 0. The van der Waals surface area contributed by atoms with Crippen LogP contribution in [0.3, 0.4) is 0 Å². The van der Waals surface area contributed by atoms with Crippen LogP contribution in [0.5, 0.6) is 0 Å². The second-order valence-corrected chi connectivity index (χ2v) is 5.75. The van der Waals surface area contributed by atoms with Gasteiger partial charge in [0.1, 0.15) is 5.75 Å². The van der Waals surface area contributed by atoms with Crippen molar-refractivity contribution in [3.8, 4) is 0 Å². The summed E-state index contributed by atoms with van der Waals surface area (Å²) in [6.07, 6.45) is 0. The van der Waals surface area contributed by atoms with E-state index in [0.717, 1.165) is 5.71 Å². The molecule has 0 aromatic heterocycles. The van der Waals surface area contributed by atoms with Gasteiger partial charge in [0, 0.05) is 7.11 Å². The zero-order valence-corrected chi connectivity index (χ0v) is 9.99. The molecule has 1 aromatic carbocycles. The minimum absolute atomic E-state index is 0.119. The smallest absolute Gasteiger partial charge is 0.211 e. The summed E-state index contributed by atoms with van der Waals surface area (Å²) in [6, 6.07) is 8.34. The first-order valence-corrected chi connectivity index (χ1v) is 6.55. The third-order valence-electron chi connectivity index (χ3n) is 2.69. The Hall–Kier alpha value is -1.20. The van der Waals surface area contributed by atoms with Crippen LogP contribution in [-0.2, 0) is 14.6 Å². The minimum atomic E-state index is -3.34. The molecular weight excluding hydrogens is 226 g/mol. The number of sulfone groups is 1. The van der Waals surface area contributed by atoms with Crippen LogP contribution in [0, 0.1) is 0 Å². The van der Waals surface area contributed by atoms with Crippen molar-refractivity contribution < 1.29 is 13.2 Å². The molecule has 0 saturated heterocycles. The molecule has 1 unspecified atom stereocenters. The van der Waals surface area contributed by atoms with E-state index >= 15 is 0 Å². The van der Waals surface area contributed by atoms with Crippen molar-refractivity contribution in [2.75, 3.05) is 12.9 Å². The van der Waals surface area contributed by atoms with Gasteiger partial charge in [0.2, 0.25) is 5.72 Å². The van der Waals surface area contributed by atoms with Gasteiger partial charge < -0.3 is 4.74 Å². The number of aliphatic imine (C=N–C) groups is 1. The zero-order chi connectivity index (χ0) is 11.8. The zero-order valence-electron chi connectivity index (χ0n) is 9.17. The second-order valence-electron chi connectivity index (χ2n) is 3.76. The van der Waals surface area contributed by atoms with E-state index in [1.54, 1.807) is 37.3 Å². The number of methoxy groups -OCH3 is 1. The molecule has 0 amide bonds. The summed E-state index contributed by atoms with van der Waals surface area (Å²) in [5.41, 5.74) is -0.177. The molecule has 1 aromatic rings. The van der Waals surface area contributed by atoms with Crippen molar-refractivity contribution in [3.63, 3.8) is 0 Å². The Morgan fingerprint density at radius 1 is 1.31 bits per heavy atom. The molecule has 1 atom stereocenters. The summed E-state index contributed by atoms with van der Waals surface area (Å²) >= 11 is 0. The third kappa shape index (κ3) is 1.88. The summed E-state index contributed by atoms with van der Waals surface area (Å²) in [5.74, 6) is -0.119. The quantitative estimate of drug-likeness (QED) is 0.795. The van der Waals surface area contributed by atoms with Crippen molar-refractivity contribution in [1.82, 2.24) is 0 Å². The van der Waals surface area contributed by atoms with Gasteiger partial charge in [-0.3, -0.25) is 0 Å². The van der Waals surface area contributed by atoms with Crippen molar-refractivity contribution >= 4 is 15.5 Å². The van der Waals surface area contributed by atoms with Gasteiger partial charge in [-0.1, -0.05) is 18.2 Å². The number of benzene rings is 1. The second kappa shape index (κ2) is 3.68. The molecular formula is C11H13NO3S. The third-order valence-corrected chi connectivity index (χ3v) is 4.45. The molecule has 1 aliphatic rings. The number of hydrogen-bond acceptors (Lipinski definition) is 4. The SMILES string of the molecule is COC1(CS(=O)(=O)c2ccccc2)N=C1C. The van der Waals surface area contributed by atoms with Crippen LogP contribution < -0.4 is 0 Å². The topological polar surface area (TPSA) is 55.7 Å². The van der Waals surface area contributed by atoms with Crippen LogP contribution in [0.2, 0.25) is 0 Å². The van der Waals surface area contributed by atoms with Crippen molar-refractivity contribution in [1.29, 1.82) is 0 Å². The standard InChI is InChI=1S/C11H13NO3S/c1-9-11(12-9,15-2)8-16(13,14)10-6-4-3-5-7-10/h3-7H,8H2,1-2H3. The molecule has 0 bridgehead atoms. The molecule has 0 fully saturated rings. The maximum atomic E-state index is 12.0. The van der Waals surface area contributed by atoms with E-state index < -0.39 is 15.6 Å². The molecule has 0 N–H and O–H groups in total. The predicted molar refractivity (Wildman–Crippen MR) is 61.3 cm³/mol. The lowest BCUT2D eigenvalue weighted by atomic mass is 10.3. The fourth-order valence-corrected chi connectivity index (χ4v) is 3.25. The lowest BCUT2D eigenvalue weighted by Crippen LogP contribution is -2.30. The van der Waals surface area contributed by atoms with E-state index in [-0.39, 0.29) is 5.75 Å². The molecule has 1 heterocycles. The van der Waals surface area contributed by atoms with Crippen molar-refractivity contribution in [3.05, 3.63) is 30.3 Å². The first kappa shape index (κ1) is 11.3. The van der Waals surface area contributed by atoms with E-state index in [1.165, 1.54) is 7.11 Å². The van der Waals surface area contributed by atoms with Crippen molar-refractivity contribution in [2.45, 2.75) is 17.5 Å². The summed E-state index contributed by atoms with van der Waals surface area (Å²) in [6.45, 7) is 1.77. The number of rotatable bonds is 4. The molecule has 0 radical (unpaired) electrons. The monoisotopic (exact) mass is 239 g/mol. The highest BCUT2D eigenvalue weighted by molar-refractivity contribution is 7.91. The van der Waals surface area contributed by atoms with Crippen LogP contribution in [0.4, 0.5) is 0 Å². The number of ether oxygens (including phenoxy) is 1. The molecule has 2 rings (SSSR count). The van der Waals surface area contributed by atoms with Crippen LogP contribution in [0.15, 0.2) is 40.2 Å². The fourth-order valence-electron chi connectivity index (χ4n) is 1.60. The van der Waals surface area contributed by atoms with Crippen LogP contribution >= 0.6 is 0 Å². The molecule has 16 heavy (non-hydrogen) atoms. The summed E-state index contributed by atoms with van der Waals surface area (Å²) in [4.78, 5) is 4.34. The normalized spacial score (nSPS) is 24.0.